The fourth-order valence-electron chi connectivity index (χ4n) is 14.1. The van der Waals surface area contributed by atoms with Gasteiger partial charge in [-0.15, -0.1) is 0 Å². The van der Waals surface area contributed by atoms with Crippen molar-refractivity contribution < 1.29 is 76.5 Å². The molecule has 0 fully saturated rings. The van der Waals surface area contributed by atoms with Crippen LogP contribution in [0.5, 0.6) is 23.0 Å². The third-order valence-electron chi connectivity index (χ3n) is 19.1. The second kappa shape index (κ2) is 35.0. The van der Waals surface area contributed by atoms with Gasteiger partial charge in [-0.05, 0) is 359 Å². The summed E-state index contributed by atoms with van der Waals surface area (Å²) in [7, 11) is 2.75. The van der Waals surface area contributed by atoms with Crippen LogP contribution in [-0.4, -0.2) is 99.1 Å². The predicted molar refractivity (Wildman–Crippen MR) is 429 cm³/mol. The van der Waals surface area contributed by atoms with Crippen LogP contribution in [0, 0.1) is 55.4 Å². The number of ether oxygens (including phenoxy) is 9. The fraction of sp³-hybridized carbons (Fsp3) is 0.393. The second-order valence-electron chi connectivity index (χ2n) is 30.9. The fourth-order valence-corrected chi connectivity index (χ4v) is 14.1. The van der Waals surface area contributed by atoms with Gasteiger partial charge in [-0.2, -0.15) is 0 Å². The Morgan fingerprint density at radius 1 is 0.422 bits per heavy atom. The SMILES string of the molecule is COC(=O)c1c(C)c(N)cc(C)c1-c1ccc2c(c1)CCCO2.COC(=O)c1c(C)c(NC(=O)OC(C)(C)C)cc(C)c1-c1ccc2c(c1)CCCO2.Cc1cc(NC(=O)OC(C)(C)C)c(C)c(C=O)c1-c1ccc2c(c1)CCCO2.Cc1cc(NC(=O)OC(C)(C)C)c(C)c(CO)c1-c1ccc2c(c1)CCCO2. The van der Waals surface area contributed by atoms with Crippen molar-refractivity contribution in [2.45, 2.75) is 192 Å². The molecule has 6 N–H and O–H groups in total. The number of benzene rings is 8. The molecule has 578 valence electrons. The highest BCUT2D eigenvalue weighted by Crippen LogP contribution is 2.43. The lowest BCUT2D eigenvalue weighted by Crippen LogP contribution is -2.27. The van der Waals surface area contributed by atoms with Crippen LogP contribution >= 0.6 is 0 Å². The summed E-state index contributed by atoms with van der Waals surface area (Å²) >= 11 is 0. The Hall–Kier alpha value is -10.9. The molecule has 109 heavy (non-hydrogen) atoms. The highest BCUT2D eigenvalue weighted by atomic mass is 16.6. The molecule has 8 aromatic rings. The zero-order chi connectivity index (χ0) is 79.6. The normalized spacial score (nSPS) is 13.3. The Morgan fingerprint density at radius 3 is 1.06 bits per heavy atom. The summed E-state index contributed by atoms with van der Waals surface area (Å²) in [6.07, 6.45) is 7.13. The first kappa shape index (κ1) is 82.2. The van der Waals surface area contributed by atoms with Crippen LogP contribution in [0.2, 0.25) is 0 Å². The lowest BCUT2D eigenvalue weighted by Gasteiger charge is -2.23. The van der Waals surface area contributed by atoms with E-state index in [9.17, 15) is 33.9 Å². The lowest BCUT2D eigenvalue weighted by molar-refractivity contribution is 0.0591. The number of aryl methyl sites for hydroxylation is 8. The summed E-state index contributed by atoms with van der Waals surface area (Å²) < 4.78 is 48.9. The summed E-state index contributed by atoms with van der Waals surface area (Å²) in [5, 5.41) is 18.5. The van der Waals surface area contributed by atoms with Crippen molar-refractivity contribution in [3.63, 3.8) is 0 Å². The van der Waals surface area contributed by atoms with Crippen LogP contribution in [0.1, 0.15) is 191 Å². The first-order chi connectivity index (χ1) is 51.5. The van der Waals surface area contributed by atoms with Gasteiger partial charge in [-0.25, -0.2) is 24.0 Å². The van der Waals surface area contributed by atoms with E-state index in [0.29, 0.717) is 45.0 Å². The van der Waals surface area contributed by atoms with Crippen LogP contribution in [0.25, 0.3) is 44.5 Å². The van der Waals surface area contributed by atoms with Gasteiger partial charge in [0.15, 0.2) is 6.29 Å². The van der Waals surface area contributed by atoms with E-state index in [-0.39, 0.29) is 12.6 Å². The Labute approximate surface area is 641 Å². The molecular formula is C89H106N4O16. The number of nitrogen functional groups attached to an aromatic ring is 1. The minimum atomic E-state index is -0.622. The van der Waals surface area contributed by atoms with Crippen molar-refractivity contribution in [1.82, 2.24) is 0 Å². The lowest BCUT2D eigenvalue weighted by atomic mass is 9.89. The van der Waals surface area contributed by atoms with Crippen LogP contribution in [-0.2, 0) is 56.0 Å². The average molecular weight is 1490 g/mol. The minimum absolute atomic E-state index is 0.112. The van der Waals surface area contributed by atoms with Crippen LogP contribution < -0.4 is 40.6 Å². The summed E-state index contributed by atoms with van der Waals surface area (Å²) in [6.45, 7) is 34.4. The van der Waals surface area contributed by atoms with Crippen molar-refractivity contribution in [3.05, 3.63) is 186 Å². The number of esters is 2. The van der Waals surface area contributed by atoms with Crippen molar-refractivity contribution >= 4 is 59.3 Å². The predicted octanol–water partition coefficient (Wildman–Crippen LogP) is 19.7. The third-order valence-corrected chi connectivity index (χ3v) is 19.1. The van der Waals surface area contributed by atoms with Crippen molar-refractivity contribution in [2.75, 3.05) is 62.3 Å². The molecule has 20 nitrogen and oxygen atoms in total. The number of amides is 3. The van der Waals surface area contributed by atoms with E-state index in [1.165, 1.54) is 25.3 Å². The second-order valence-corrected chi connectivity index (χ2v) is 30.9. The number of fused-ring (bicyclic) bond motifs is 4. The smallest absolute Gasteiger partial charge is 0.412 e. The zero-order valence-corrected chi connectivity index (χ0v) is 66.7. The van der Waals surface area contributed by atoms with Crippen LogP contribution in [0.15, 0.2) is 97.1 Å². The number of aliphatic hydroxyl groups is 1. The van der Waals surface area contributed by atoms with Crippen LogP contribution in [0.3, 0.4) is 0 Å². The minimum Gasteiger partial charge on any atom is -0.493 e. The molecule has 0 saturated carbocycles. The van der Waals surface area contributed by atoms with E-state index in [1.807, 2.05) is 163 Å². The number of carbonyl (C=O) groups is 6. The van der Waals surface area contributed by atoms with E-state index in [4.69, 9.17) is 48.4 Å². The number of nitrogens with one attached hydrogen (secondary N) is 3. The molecule has 12 rings (SSSR count). The Morgan fingerprint density at radius 2 is 0.725 bits per heavy atom. The molecule has 0 spiro atoms. The number of hydrogen-bond donors (Lipinski definition) is 5. The van der Waals surface area contributed by atoms with E-state index in [2.05, 4.69) is 40.2 Å². The van der Waals surface area contributed by atoms with Gasteiger partial charge >= 0.3 is 30.2 Å². The molecule has 0 aliphatic carbocycles. The molecule has 0 unspecified atom stereocenters. The largest absolute Gasteiger partial charge is 0.493 e. The molecular weight excluding hydrogens is 1380 g/mol. The standard InChI is InChI=1S/C24H29NO5.C23H29NO4.C23H27NO4.C19H21NO3/c1-14-12-18(25-23(27)30-24(3,4)5)15(2)21(22(26)28-6)20(14)17-9-10-19-16(13-17)8-7-11-29-19;2*1-14-11-19(24-22(26)28-23(3,4)5)15(2)18(13-25)21(14)17-8-9-20-16(12-17)7-6-10-27-20;1-11-9-15(20)12(2)18(19(21)22-3)17(11)14-6-7-16-13(10-14)5-4-8-23-16/h9-10,12-13H,7-8,11H2,1-6H3,(H,25,27);8-9,11-12,25H,6-7,10,13H2,1-5H3,(H,24,26);8-9,11-13H,6-7,10H2,1-5H3,(H,24,26);6-7,9-10H,4-5,8,20H2,1-3H3. The molecule has 0 atom stereocenters. The Balaban J connectivity index is 0.000000168. The Bertz CT molecular complexity index is 4780. The Kier molecular flexibility index (Phi) is 26.4. The average Bonchev–Trinajstić information content (AvgIpc) is 0.782. The monoisotopic (exact) mass is 1490 g/mol. The molecule has 4 heterocycles. The number of nitrogens with two attached hydrogens (primary N) is 1. The third kappa shape index (κ3) is 20.3. The summed E-state index contributed by atoms with van der Waals surface area (Å²) in [6, 6.07) is 31.9. The molecule has 4 aliphatic rings. The molecule has 0 radical (unpaired) electrons. The van der Waals surface area contributed by atoms with Crippen molar-refractivity contribution in [1.29, 1.82) is 0 Å². The molecule has 20 heteroatoms. The van der Waals surface area contributed by atoms with Crippen LogP contribution in [0.4, 0.5) is 37.1 Å². The van der Waals surface area contributed by atoms with E-state index >= 15 is 0 Å². The maximum absolute atomic E-state index is 12.7. The van der Waals surface area contributed by atoms with E-state index in [1.54, 1.807) is 27.7 Å². The number of methoxy groups -OCH3 is 2. The summed E-state index contributed by atoms with van der Waals surface area (Å²) in [4.78, 5) is 73.7. The maximum Gasteiger partial charge on any atom is 0.412 e. The maximum atomic E-state index is 12.7. The molecule has 0 saturated heterocycles. The van der Waals surface area contributed by atoms with E-state index in [0.717, 1.165) is 207 Å². The number of hydrogen-bond acceptors (Lipinski definition) is 17. The highest BCUT2D eigenvalue weighted by Gasteiger charge is 2.29. The van der Waals surface area contributed by atoms with Gasteiger partial charge in [0.25, 0.3) is 0 Å². The van der Waals surface area contributed by atoms with Crippen molar-refractivity contribution in [2.24, 2.45) is 0 Å². The van der Waals surface area contributed by atoms with Crippen molar-refractivity contribution in [3.8, 4) is 67.5 Å². The highest BCUT2D eigenvalue weighted by molar-refractivity contribution is 6.04. The van der Waals surface area contributed by atoms with Gasteiger partial charge in [0.05, 0.1) is 58.4 Å². The quantitative estimate of drug-likeness (QED) is 0.0349. The van der Waals surface area contributed by atoms with E-state index < -0.39 is 41.1 Å². The molecule has 4 aliphatic heterocycles. The molecule has 0 bridgehead atoms. The number of aliphatic hydroxyl groups excluding tert-OH is 1. The summed E-state index contributed by atoms with van der Waals surface area (Å²) in [5.74, 6) is 2.87. The van der Waals surface area contributed by atoms with Gasteiger partial charge in [0.1, 0.15) is 39.8 Å². The van der Waals surface area contributed by atoms with Gasteiger partial charge in [-0.1, -0.05) is 24.3 Å². The first-order valence-corrected chi connectivity index (χ1v) is 37.1. The zero-order valence-electron chi connectivity index (χ0n) is 66.7. The van der Waals surface area contributed by atoms with Gasteiger partial charge < -0.3 is 53.5 Å². The summed E-state index contributed by atoms with van der Waals surface area (Å²) in [5.41, 5.74) is 27.8. The number of rotatable bonds is 11. The first-order valence-electron chi connectivity index (χ1n) is 37.1. The molecule has 8 aromatic carbocycles. The number of anilines is 4. The topological polar surface area (TPSA) is 268 Å². The number of carbonyl (C=O) groups excluding carboxylic acids is 6. The molecule has 3 amide bonds. The van der Waals surface area contributed by atoms with Gasteiger partial charge in [0, 0.05) is 28.3 Å². The van der Waals surface area contributed by atoms with Gasteiger partial charge in [-0.3, -0.25) is 20.7 Å². The number of aldehydes is 1. The molecule has 0 aromatic heterocycles. The van der Waals surface area contributed by atoms with Gasteiger partial charge in [0.2, 0.25) is 0 Å².